The molecule has 2 aromatic rings. The monoisotopic (exact) mass is 350 g/mol. The summed E-state index contributed by atoms with van der Waals surface area (Å²) in [6.07, 6.45) is 0. The number of nitrogens with zero attached hydrogens (tertiary/aromatic N) is 3. The Labute approximate surface area is 135 Å². The van der Waals surface area contributed by atoms with Gasteiger partial charge in [-0.05, 0) is 39.0 Å². The van der Waals surface area contributed by atoms with Crippen LogP contribution in [0.5, 0.6) is 0 Å². The summed E-state index contributed by atoms with van der Waals surface area (Å²) in [6, 6.07) is 8.65. The van der Waals surface area contributed by atoms with Gasteiger partial charge in [0.25, 0.3) is 0 Å². The second-order valence-corrected chi connectivity index (χ2v) is 6.97. The van der Waals surface area contributed by atoms with Crippen molar-refractivity contribution in [3.8, 4) is 0 Å². The van der Waals surface area contributed by atoms with Crippen LogP contribution in [0.3, 0.4) is 0 Å². The fourth-order valence-corrected chi connectivity index (χ4v) is 3.19. The average Bonchev–Trinajstić information content (AvgIpc) is 2.75. The zero-order valence-corrected chi connectivity index (χ0v) is 14.9. The zero-order chi connectivity index (χ0) is 15.6. The van der Waals surface area contributed by atoms with Gasteiger partial charge in [0.15, 0.2) is 4.60 Å². The summed E-state index contributed by atoms with van der Waals surface area (Å²) in [5, 5.41) is 11.8. The first kappa shape index (κ1) is 16.2. The Kier molecular flexibility index (Phi) is 4.84. The average molecular weight is 351 g/mol. The van der Waals surface area contributed by atoms with Gasteiger partial charge in [-0.3, -0.25) is 0 Å². The van der Waals surface area contributed by atoms with Crippen molar-refractivity contribution in [2.45, 2.75) is 39.2 Å². The molecule has 1 aromatic heterocycles. The van der Waals surface area contributed by atoms with Crippen LogP contribution in [-0.4, -0.2) is 21.5 Å². The van der Waals surface area contributed by atoms with Gasteiger partial charge in [0, 0.05) is 7.05 Å². The quantitative estimate of drug-likeness (QED) is 0.916. The predicted molar refractivity (Wildman–Crippen MR) is 89.4 cm³/mol. The van der Waals surface area contributed by atoms with Crippen LogP contribution in [0.2, 0.25) is 0 Å². The molecule has 0 amide bonds. The van der Waals surface area contributed by atoms with Crippen LogP contribution < -0.4 is 5.32 Å². The first-order valence-electron chi connectivity index (χ1n) is 7.24. The van der Waals surface area contributed by atoms with E-state index in [1.165, 1.54) is 11.1 Å². The van der Waals surface area contributed by atoms with E-state index in [0.717, 1.165) is 16.8 Å². The number of aryl methyl sites for hydroxylation is 1. The fraction of sp³-hybridized carbons (Fsp3) is 0.500. The maximum Gasteiger partial charge on any atom is 0.153 e. The van der Waals surface area contributed by atoms with Gasteiger partial charge in [0.1, 0.15) is 0 Å². The second-order valence-electron chi connectivity index (χ2n) is 6.22. The Balaban J connectivity index is 2.60. The molecule has 1 unspecified atom stereocenters. The van der Waals surface area contributed by atoms with Crippen LogP contribution in [0.4, 0.5) is 0 Å². The second kappa shape index (κ2) is 6.28. The van der Waals surface area contributed by atoms with Crippen molar-refractivity contribution in [2.75, 3.05) is 6.54 Å². The van der Waals surface area contributed by atoms with Gasteiger partial charge in [-0.15, -0.1) is 5.10 Å². The normalized spacial score (nSPS) is 13.4. The van der Waals surface area contributed by atoms with E-state index < -0.39 is 0 Å². The Hall–Kier alpha value is -1.20. The lowest BCUT2D eigenvalue weighted by molar-refractivity contribution is 0.534. The molecule has 0 bridgehead atoms. The number of hydrogen-bond acceptors (Lipinski definition) is 3. The lowest BCUT2D eigenvalue weighted by Crippen LogP contribution is -2.28. The van der Waals surface area contributed by atoms with E-state index in [1.54, 1.807) is 0 Å². The number of benzene rings is 1. The molecule has 0 spiro atoms. The van der Waals surface area contributed by atoms with Gasteiger partial charge in [-0.1, -0.05) is 57.2 Å². The van der Waals surface area contributed by atoms with Gasteiger partial charge in [0.05, 0.1) is 11.7 Å². The molecule has 0 fully saturated rings. The molecule has 2 rings (SSSR count). The molecule has 0 radical (unpaired) electrons. The Morgan fingerprint density at radius 2 is 1.95 bits per heavy atom. The largest absolute Gasteiger partial charge is 0.305 e. The first-order chi connectivity index (χ1) is 9.86. The molecule has 1 N–H and O–H groups in total. The molecule has 5 heteroatoms. The minimum Gasteiger partial charge on any atom is -0.305 e. The van der Waals surface area contributed by atoms with Crippen molar-refractivity contribution >= 4 is 15.9 Å². The minimum absolute atomic E-state index is 0.0693. The van der Waals surface area contributed by atoms with Gasteiger partial charge >= 0.3 is 0 Å². The van der Waals surface area contributed by atoms with Gasteiger partial charge < -0.3 is 5.32 Å². The molecule has 0 saturated heterocycles. The third-order valence-corrected chi connectivity index (χ3v) is 4.15. The SMILES string of the molecule is CCNC(c1ccccc1C(C)(C)C)c1c(Br)nnn1C. The topological polar surface area (TPSA) is 42.7 Å². The standard InChI is InChI=1S/C16H23BrN4/c1-6-18-13(14-15(17)19-20-21(14)5)11-9-7-8-10-12(11)16(2,3)4/h7-10,13,18H,6H2,1-5H3. The molecule has 114 valence electrons. The van der Waals surface area contributed by atoms with Crippen LogP contribution in [0, 0.1) is 0 Å². The van der Waals surface area contributed by atoms with Crippen LogP contribution in [-0.2, 0) is 12.5 Å². The summed E-state index contributed by atoms with van der Waals surface area (Å²) >= 11 is 3.53. The number of hydrogen-bond donors (Lipinski definition) is 1. The van der Waals surface area contributed by atoms with Crippen molar-refractivity contribution < 1.29 is 0 Å². The molecule has 21 heavy (non-hydrogen) atoms. The summed E-state index contributed by atoms with van der Waals surface area (Å²) in [5.74, 6) is 0. The van der Waals surface area contributed by atoms with E-state index >= 15 is 0 Å². The molecule has 0 aliphatic heterocycles. The highest BCUT2D eigenvalue weighted by atomic mass is 79.9. The van der Waals surface area contributed by atoms with Gasteiger partial charge in [0.2, 0.25) is 0 Å². The first-order valence-corrected chi connectivity index (χ1v) is 8.03. The lowest BCUT2D eigenvalue weighted by atomic mass is 9.81. The Morgan fingerprint density at radius 1 is 1.29 bits per heavy atom. The van der Waals surface area contributed by atoms with Gasteiger partial charge in [-0.25, -0.2) is 4.68 Å². The molecule has 1 aromatic carbocycles. The highest BCUT2D eigenvalue weighted by Gasteiger charge is 2.27. The number of nitrogens with one attached hydrogen (secondary N) is 1. The Morgan fingerprint density at radius 3 is 2.48 bits per heavy atom. The van der Waals surface area contributed by atoms with Crippen LogP contribution >= 0.6 is 15.9 Å². The molecular weight excluding hydrogens is 328 g/mol. The summed E-state index contributed by atoms with van der Waals surface area (Å²) in [7, 11) is 1.93. The predicted octanol–water partition coefficient (Wildman–Crippen LogP) is 3.57. The van der Waals surface area contributed by atoms with Crippen molar-refractivity contribution in [1.82, 2.24) is 20.3 Å². The molecule has 0 aliphatic rings. The van der Waals surface area contributed by atoms with Crippen molar-refractivity contribution in [2.24, 2.45) is 7.05 Å². The molecule has 4 nitrogen and oxygen atoms in total. The number of halogens is 1. The number of aromatic nitrogens is 3. The maximum atomic E-state index is 4.13. The fourth-order valence-electron chi connectivity index (χ4n) is 2.64. The summed E-state index contributed by atoms with van der Waals surface area (Å²) in [5.41, 5.74) is 3.75. The van der Waals surface area contributed by atoms with Crippen LogP contribution in [0.1, 0.15) is 50.6 Å². The van der Waals surface area contributed by atoms with E-state index in [4.69, 9.17) is 0 Å². The van der Waals surface area contributed by atoms with Crippen molar-refractivity contribution in [3.63, 3.8) is 0 Å². The Bertz CT molecular complexity index is 593. The zero-order valence-electron chi connectivity index (χ0n) is 13.3. The molecule has 1 atom stereocenters. The highest BCUT2D eigenvalue weighted by Crippen LogP contribution is 2.34. The van der Waals surface area contributed by atoms with E-state index in [1.807, 2.05) is 11.7 Å². The van der Waals surface area contributed by atoms with E-state index in [0.29, 0.717) is 0 Å². The smallest absolute Gasteiger partial charge is 0.153 e. The van der Waals surface area contributed by atoms with Crippen LogP contribution in [0.15, 0.2) is 28.9 Å². The molecule has 0 aliphatic carbocycles. The lowest BCUT2D eigenvalue weighted by Gasteiger charge is -2.28. The molecule has 0 saturated carbocycles. The van der Waals surface area contributed by atoms with Crippen molar-refractivity contribution in [1.29, 1.82) is 0 Å². The molecular formula is C16H23BrN4. The van der Waals surface area contributed by atoms with E-state index in [-0.39, 0.29) is 11.5 Å². The third kappa shape index (κ3) is 3.35. The van der Waals surface area contributed by atoms with E-state index in [9.17, 15) is 0 Å². The van der Waals surface area contributed by atoms with Gasteiger partial charge in [-0.2, -0.15) is 0 Å². The third-order valence-electron chi connectivity index (χ3n) is 3.59. The molecule has 1 heterocycles. The van der Waals surface area contributed by atoms with E-state index in [2.05, 4.69) is 83.5 Å². The minimum atomic E-state index is 0.0693. The summed E-state index contributed by atoms with van der Waals surface area (Å²) < 4.78 is 2.62. The van der Waals surface area contributed by atoms with Crippen molar-refractivity contribution in [3.05, 3.63) is 45.7 Å². The highest BCUT2D eigenvalue weighted by molar-refractivity contribution is 9.10. The summed E-state index contributed by atoms with van der Waals surface area (Å²) in [6.45, 7) is 9.72. The summed E-state index contributed by atoms with van der Waals surface area (Å²) in [4.78, 5) is 0. The maximum absolute atomic E-state index is 4.13. The van der Waals surface area contributed by atoms with Crippen LogP contribution in [0.25, 0.3) is 0 Å². The number of rotatable bonds is 4.